The molecule has 0 bridgehead atoms. The summed E-state index contributed by atoms with van der Waals surface area (Å²) in [7, 11) is 4.53. The lowest BCUT2D eigenvalue weighted by atomic mass is 10.1. The van der Waals surface area contributed by atoms with Gasteiger partial charge in [-0.15, -0.1) is 0 Å². The summed E-state index contributed by atoms with van der Waals surface area (Å²) in [6.07, 6.45) is 1.82. The quantitative estimate of drug-likeness (QED) is 0.757. The van der Waals surface area contributed by atoms with E-state index in [0.29, 0.717) is 28.4 Å². The van der Waals surface area contributed by atoms with E-state index in [2.05, 4.69) is 0 Å². The second kappa shape index (κ2) is 7.64. The number of benzene rings is 2. The van der Waals surface area contributed by atoms with Crippen molar-refractivity contribution in [1.29, 1.82) is 0 Å². The number of amides is 1. The van der Waals surface area contributed by atoms with Crippen molar-refractivity contribution in [3.8, 4) is 17.2 Å². The van der Waals surface area contributed by atoms with Gasteiger partial charge in [-0.25, -0.2) is 4.39 Å². The summed E-state index contributed by atoms with van der Waals surface area (Å²) in [6.45, 7) is 0.216. The van der Waals surface area contributed by atoms with Crippen LogP contribution in [0.1, 0.15) is 28.8 Å². The maximum Gasteiger partial charge on any atom is 0.258 e. The van der Waals surface area contributed by atoms with E-state index >= 15 is 0 Å². The molecule has 26 heavy (non-hydrogen) atoms. The summed E-state index contributed by atoms with van der Waals surface area (Å²) in [5.41, 5.74) is 0.862. The SMILES string of the molecule is COc1cc(OC)c(C(=O)N(Cc2ccccc2F)C2CC2)cc1OC. The van der Waals surface area contributed by atoms with Gasteiger partial charge in [0.1, 0.15) is 11.6 Å². The summed E-state index contributed by atoms with van der Waals surface area (Å²) < 4.78 is 30.0. The van der Waals surface area contributed by atoms with Crippen LogP contribution < -0.4 is 14.2 Å². The van der Waals surface area contributed by atoms with Crippen molar-refractivity contribution >= 4 is 5.91 Å². The number of ether oxygens (including phenoxy) is 3. The van der Waals surface area contributed by atoms with Crippen LogP contribution in [0.4, 0.5) is 4.39 Å². The average Bonchev–Trinajstić information content (AvgIpc) is 3.50. The first-order chi connectivity index (χ1) is 12.6. The number of carbonyl (C=O) groups excluding carboxylic acids is 1. The molecule has 5 nitrogen and oxygen atoms in total. The Labute approximate surface area is 152 Å². The van der Waals surface area contributed by atoms with Crippen LogP contribution in [0.3, 0.4) is 0 Å². The molecule has 0 spiro atoms. The molecule has 3 rings (SSSR count). The predicted octanol–water partition coefficient (Wildman–Crippen LogP) is 3.66. The van der Waals surface area contributed by atoms with Crippen molar-refractivity contribution in [2.75, 3.05) is 21.3 Å². The first-order valence-electron chi connectivity index (χ1n) is 8.43. The van der Waals surface area contributed by atoms with E-state index in [1.165, 1.54) is 27.4 Å². The number of carbonyl (C=O) groups is 1. The van der Waals surface area contributed by atoms with Crippen molar-refractivity contribution in [3.05, 3.63) is 53.3 Å². The van der Waals surface area contributed by atoms with E-state index in [0.717, 1.165) is 12.8 Å². The Balaban J connectivity index is 1.96. The fourth-order valence-electron chi connectivity index (χ4n) is 2.91. The van der Waals surface area contributed by atoms with Gasteiger partial charge in [-0.05, 0) is 18.9 Å². The summed E-state index contributed by atoms with van der Waals surface area (Å²) in [5, 5.41) is 0. The van der Waals surface area contributed by atoms with E-state index in [9.17, 15) is 9.18 Å². The van der Waals surface area contributed by atoms with Gasteiger partial charge in [-0.2, -0.15) is 0 Å². The standard InChI is InChI=1S/C20H22FNO4/c1-24-17-11-19(26-3)18(25-2)10-15(17)20(23)22(14-8-9-14)12-13-6-4-5-7-16(13)21/h4-7,10-11,14H,8-9,12H2,1-3H3. The third kappa shape index (κ3) is 3.59. The summed E-state index contributed by atoms with van der Waals surface area (Å²) in [5.74, 6) is 0.789. The molecule has 138 valence electrons. The molecular weight excluding hydrogens is 337 g/mol. The molecule has 0 aliphatic heterocycles. The van der Waals surface area contributed by atoms with Crippen molar-refractivity contribution in [2.24, 2.45) is 0 Å². The number of hydrogen-bond acceptors (Lipinski definition) is 4. The van der Waals surface area contributed by atoms with Crippen LogP contribution in [-0.2, 0) is 6.54 Å². The number of methoxy groups -OCH3 is 3. The minimum atomic E-state index is -0.315. The first kappa shape index (κ1) is 18.0. The fourth-order valence-corrected chi connectivity index (χ4v) is 2.91. The molecule has 0 N–H and O–H groups in total. The van der Waals surface area contributed by atoms with E-state index < -0.39 is 0 Å². The largest absolute Gasteiger partial charge is 0.496 e. The van der Waals surface area contributed by atoms with Crippen molar-refractivity contribution in [3.63, 3.8) is 0 Å². The Hall–Kier alpha value is -2.76. The lowest BCUT2D eigenvalue weighted by Gasteiger charge is -2.24. The second-order valence-corrected chi connectivity index (χ2v) is 6.16. The predicted molar refractivity (Wildman–Crippen MR) is 95.4 cm³/mol. The van der Waals surface area contributed by atoms with Crippen LogP contribution >= 0.6 is 0 Å². The average molecular weight is 359 g/mol. The molecule has 1 aliphatic carbocycles. The first-order valence-corrected chi connectivity index (χ1v) is 8.43. The summed E-state index contributed by atoms with van der Waals surface area (Å²) in [6, 6.07) is 9.85. The lowest BCUT2D eigenvalue weighted by molar-refractivity contribution is 0.0724. The highest BCUT2D eigenvalue weighted by Crippen LogP contribution is 2.37. The molecule has 1 fully saturated rings. The molecule has 0 saturated heterocycles. The normalized spacial score (nSPS) is 13.2. The van der Waals surface area contributed by atoms with Crippen LogP contribution in [0.15, 0.2) is 36.4 Å². The molecule has 2 aromatic rings. The molecule has 0 radical (unpaired) electrons. The molecule has 0 atom stereocenters. The van der Waals surface area contributed by atoms with Crippen molar-refractivity contribution < 1.29 is 23.4 Å². The number of nitrogens with zero attached hydrogens (tertiary/aromatic N) is 1. The van der Waals surface area contributed by atoms with E-state index in [-0.39, 0.29) is 24.3 Å². The zero-order valence-corrected chi connectivity index (χ0v) is 15.1. The van der Waals surface area contributed by atoms with Gasteiger partial charge < -0.3 is 19.1 Å². The van der Waals surface area contributed by atoms with Crippen LogP contribution in [0.2, 0.25) is 0 Å². The fraction of sp³-hybridized carbons (Fsp3) is 0.350. The molecule has 1 aliphatic rings. The Morgan fingerprint density at radius 2 is 1.65 bits per heavy atom. The Bertz CT molecular complexity index is 804. The van der Waals surface area contributed by atoms with Crippen LogP contribution in [-0.4, -0.2) is 38.2 Å². The Morgan fingerprint density at radius 3 is 2.23 bits per heavy atom. The molecule has 6 heteroatoms. The minimum Gasteiger partial charge on any atom is -0.496 e. The van der Waals surface area contributed by atoms with Gasteiger partial charge in [-0.1, -0.05) is 18.2 Å². The Morgan fingerprint density at radius 1 is 1.04 bits per heavy atom. The highest BCUT2D eigenvalue weighted by Gasteiger charge is 2.35. The van der Waals surface area contributed by atoms with Gasteiger partial charge in [0, 0.05) is 30.3 Å². The van der Waals surface area contributed by atoms with Crippen LogP contribution in [0, 0.1) is 5.82 Å². The molecule has 0 unspecified atom stereocenters. The van der Waals surface area contributed by atoms with Crippen molar-refractivity contribution in [2.45, 2.75) is 25.4 Å². The van der Waals surface area contributed by atoms with Gasteiger partial charge in [0.2, 0.25) is 0 Å². The van der Waals surface area contributed by atoms with Gasteiger partial charge in [-0.3, -0.25) is 4.79 Å². The number of halogens is 1. The smallest absolute Gasteiger partial charge is 0.258 e. The lowest BCUT2D eigenvalue weighted by Crippen LogP contribution is -2.33. The zero-order valence-electron chi connectivity index (χ0n) is 15.1. The minimum absolute atomic E-state index is 0.111. The molecule has 2 aromatic carbocycles. The maximum absolute atomic E-state index is 14.1. The van der Waals surface area contributed by atoms with E-state index in [4.69, 9.17) is 14.2 Å². The van der Waals surface area contributed by atoms with Gasteiger partial charge >= 0.3 is 0 Å². The molecule has 1 saturated carbocycles. The van der Waals surface area contributed by atoms with Gasteiger partial charge in [0.05, 0.1) is 26.9 Å². The second-order valence-electron chi connectivity index (χ2n) is 6.16. The van der Waals surface area contributed by atoms with E-state index in [1.807, 2.05) is 0 Å². The molecule has 0 aromatic heterocycles. The van der Waals surface area contributed by atoms with Crippen LogP contribution in [0.5, 0.6) is 17.2 Å². The summed E-state index contributed by atoms with van der Waals surface area (Å²) in [4.78, 5) is 14.9. The molecule has 1 amide bonds. The van der Waals surface area contributed by atoms with Gasteiger partial charge in [0.15, 0.2) is 11.5 Å². The third-order valence-electron chi connectivity index (χ3n) is 4.48. The highest BCUT2D eigenvalue weighted by molar-refractivity contribution is 5.98. The van der Waals surface area contributed by atoms with E-state index in [1.54, 1.807) is 35.2 Å². The number of hydrogen-bond donors (Lipinski definition) is 0. The van der Waals surface area contributed by atoms with Gasteiger partial charge in [0.25, 0.3) is 5.91 Å². The summed E-state index contributed by atoms with van der Waals surface area (Å²) >= 11 is 0. The maximum atomic E-state index is 14.1. The van der Waals surface area contributed by atoms with Crippen LogP contribution in [0.25, 0.3) is 0 Å². The monoisotopic (exact) mass is 359 g/mol. The highest BCUT2D eigenvalue weighted by atomic mass is 19.1. The Kier molecular flexibility index (Phi) is 5.30. The van der Waals surface area contributed by atoms with Crippen molar-refractivity contribution in [1.82, 2.24) is 4.90 Å². The topological polar surface area (TPSA) is 48.0 Å². The number of rotatable bonds is 7. The molecule has 0 heterocycles. The third-order valence-corrected chi connectivity index (χ3v) is 4.48. The molecular formula is C20H22FNO4. The zero-order chi connectivity index (χ0) is 18.7.